The molecule has 3 aromatic heterocycles. The Morgan fingerprint density at radius 1 is 1.29 bits per heavy atom. The molecule has 0 bridgehead atoms. The second kappa shape index (κ2) is 8.65. The summed E-state index contributed by atoms with van der Waals surface area (Å²) in [5, 5.41) is 10.1. The highest BCUT2D eigenvalue weighted by molar-refractivity contribution is 5.95. The fraction of sp³-hybridized carbons (Fsp3) is 0.240. The first-order chi connectivity index (χ1) is 16.5. The number of hydrogen-bond acceptors (Lipinski definition) is 5. The predicted octanol–water partition coefficient (Wildman–Crippen LogP) is 2.89. The number of benzene rings is 1. The van der Waals surface area contributed by atoms with Crippen molar-refractivity contribution in [2.75, 3.05) is 6.61 Å². The van der Waals surface area contributed by atoms with Crippen LogP contribution in [-0.4, -0.2) is 32.6 Å². The van der Waals surface area contributed by atoms with Crippen molar-refractivity contribution in [3.63, 3.8) is 0 Å². The molecule has 1 atom stereocenters. The standard InChI is InChI=1S/C25H20FN5O3/c1-15-6-4-10-30-21(15)28-23-19(25(30)33)12-16(13-27)22(31(23)14-17-7-5-11-34-17)29-24(32)18-8-2-3-9-20(18)26/h2-4,6,8-10,12,17H,5,7,11,14H2,1H3/t17-/m1/s1. The summed E-state index contributed by atoms with van der Waals surface area (Å²) in [6, 6.07) is 12.5. The van der Waals surface area contributed by atoms with Crippen molar-refractivity contribution in [3.8, 4) is 6.07 Å². The molecule has 0 N–H and O–H groups in total. The maximum absolute atomic E-state index is 14.2. The van der Waals surface area contributed by atoms with Gasteiger partial charge >= 0.3 is 0 Å². The lowest BCUT2D eigenvalue weighted by Gasteiger charge is -2.17. The molecule has 0 spiro atoms. The third kappa shape index (κ3) is 3.68. The summed E-state index contributed by atoms with van der Waals surface area (Å²) in [7, 11) is 0. The largest absolute Gasteiger partial charge is 0.376 e. The van der Waals surface area contributed by atoms with Gasteiger partial charge in [0.2, 0.25) is 0 Å². The molecular formula is C25H20FN5O3. The summed E-state index contributed by atoms with van der Waals surface area (Å²) >= 11 is 0. The van der Waals surface area contributed by atoms with E-state index in [2.05, 4.69) is 4.99 Å². The molecule has 170 valence electrons. The molecular weight excluding hydrogens is 437 g/mol. The van der Waals surface area contributed by atoms with E-state index in [1.807, 2.05) is 19.1 Å². The Morgan fingerprint density at radius 3 is 2.85 bits per heavy atom. The average molecular weight is 457 g/mol. The first-order valence-electron chi connectivity index (χ1n) is 10.9. The summed E-state index contributed by atoms with van der Waals surface area (Å²) in [5.74, 6) is -1.54. The number of nitrogens with zero attached hydrogens (tertiary/aromatic N) is 5. The highest BCUT2D eigenvalue weighted by atomic mass is 19.1. The van der Waals surface area contributed by atoms with Crippen LogP contribution < -0.4 is 11.0 Å². The zero-order valence-corrected chi connectivity index (χ0v) is 18.4. The average Bonchev–Trinajstić information content (AvgIpc) is 3.35. The van der Waals surface area contributed by atoms with E-state index < -0.39 is 11.7 Å². The van der Waals surface area contributed by atoms with Gasteiger partial charge in [0.1, 0.15) is 23.2 Å². The van der Waals surface area contributed by atoms with E-state index in [-0.39, 0.29) is 45.9 Å². The smallest absolute Gasteiger partial charge is 0.281 e. The number of amides is 1. The van der Waals surface area contributed by atoms with Crippen molar-refractivity contribution < 1.29 is 13.9 Å². The summed E-state index contributed by atoms with van der Waals surface area (Å²) in [6.07, 6.45) is 3.07. The van der Waals surface area contributed by atoms with Crippen molar-refractivity contribution in [1.29, 1.82) is 5.26 Å². The van der Waals surface area contributed by atoms with Crippen LogP contribution in [0.25, 0.3) is 16.7 Å². The van der Waals surface area contributed by atoms with Gasteiger partial charge in [-0.3, -0.25) is 14.0 Å². The van der Waals surface area contributed by atoms with Gasteiger partial charge in [0.15, 0.2) is 5.49 Å². The second-order valence-corrected chi connectivity index (χ2v) is 8.17. The number of carbonyl (C=O) groups excluding carboxylic acids is 1. The number of nitriles is 1. The number of halogens is 1. The van der Waals surface area contributed by atoms with Crippen LogP contribution in [0, 0.1) is 24.1 Å². The highest BCUT2D eigenvalue weighted by Crippen LogP contribution is 2.18. The number of hydrogen-bond donors (Lipinski definition) is 0. The van der Waals surface area contributed by atoms with Gasteiger partial charge in [-0.2, -0.15) is 10.3 Å². The SMILES string of the molecule is Cc1cccn2c(=O)c3cc(C#N)c(=NC(=O)c4ccccc4F)n(C[C@H]4CCCO4)c3nc12. The maximum atomic E-state index is 14.2. The van der Waals surface area contributed by atoms with Gasteiger partial charge in [-0.15, -0.1) is 0 Å². The summed E-state index contributed by atoms with van der Waals surface area (Å²) < 4.78 is 23.0. The summed E-state index contributed by atoms with van der Waals surface area (Å²) in [5.41, 5.74) is 1.01. The van der Waals surface area contributed by atoms with Crippen molar-refractivity contribution >= 4 is 22.6 Å². The highest BCUT2D eigenvalue weighted by Gasteiger charge is 2.22. The Kier molecular flexibility index (Phi) is 5.51. The van der Waals surface area contributed by atoms with E-state index in [1.54, 1.807) is 16.8 Å². The lowest BCUT2D eigenvalue weighted by atomic mass is 10.1. The number of aromatic nitrogens is 3. The van der Waals surface area contributed by atoms with E-state index >= 15 is 0 Å². The number of rotatable bonds is 3. The van der Waals surface area contributed by atoms with Crippen LogP contribution >= 0.6 is 0 Å². The molecule has 0 radical (unpaired) electrons. The lowest BCUT2D eigenvalue weighted by Crippen LogP contribution is -2.33. The summed E-state index contributed by atoms with van der Waals surface area (Å²) in [4.78, 5) is 35.1. The number of fused-ring (bicyclic) bond motifs is 2. The molecule has 34 heavy (non-hydrogen) atoms. The van der Waals surface area contributed by atoms with Crippen LogP contribution in [0.15, 0.2) is 58.4 Å². The Morgan fingerprint density at radius 2 is 2.12 bits per heavy atom. The molecule has 4 aromatic rings. The Labute approximate surface area is 193 Å². The van der Waals surface area contributed by atoms with Gasteiger partial charge < -0.3 is 9.30 Å². The molecule has 1 amide bonds. The maximum Gasteiger partial charge on any atom is 0.281 e. The van der Waals surface area contributed by atoms with Crippen molar-refractivity contribution in [3.05, 3.63) is 87.0 Å². The zero-order valence-electron chi connectivity index (χ0n) is 18.4. The number of aryl methyl sites for hydroxylation is 1. The minimum Gasteiger partial charge on any atom is -0.376 e. The van der Waals surface area contributed by atoms with E-state index in [9.17, 15) is 19.2 Å². The van der Waals surface area contributed by atoms with Crippen LogP contribution in [0.5, 0.6) is 0 Å². The monoisotopic (exact) mass is 457 g/mol. The Balaban J connectivity index is 1.86. The van der Waals surface area contributed by atoms with Crippen molar-refractivity contribution in [1.82, 2.24) is 14.0 Å². The van der Waals surface area contributed by atoms with E-state index in [4.69, 9.17) is 9.72 Å². The normalized spacial score (nSPS) is 16.3. The van der Waals surface area contributed by atoms with Crippen LogP contribution in [0.3, 0.4) is 0 Å². The van der Waals surface area contributed by atoms with Crippen LogP contribution in [-0.2, 0) is 11.3 Å². The van der Waals surface area contributed by atoms with Crippen LogP contribution in [0.2, 0.25) is 0 Å². The molecule has 0 unspecified atom stereocenters. The Hall–Kier alpha value is -4.16. The molecule has 1 saturated heterocycles. The molecule has 1 aliphatic heterocycles. The minimum atomic E-state index is -0.830. The fourth-order valence-corrected chi connectivity index (χ4v) is 4.25. The second-order valence-electron chi connectivity index (χ2n) is 8.17. The lowest BCUT2D eigenvalue weighted by molar-refractivity contribution is 0.0951. The zero-order chi connectivity index (χ0) is 23.8. The molecule has 5 rings (SSSR count). The van der Waals surface area contributed by atoms with Gasteiger partial charge in [-0.1, -0.05) is 18.2 Å². The molecule has 1 aliphatic rings. The molecule has 8 nitrogen and oxygen atoms in total. The first-order valence-corrected chi connectivity index (χ1v) is 10.9. The van der Waals surface area contributed by atoms with E-state index in [0.29, 0.717) is 12.3 Å². The third-order valence-corrected chi connectivity index (χ3v) is 5.95. The van der Waals surface area contributed by atoms with Crippen LogP contribution in [0.4, 0.5) is 4.39 Å². The molecule has 0 saturated carbocycles. The van der Waals surface area contributed by atoms with Crippen molar-refractivity contribution in [2.24, 2.45) is 4.99 Å². The predicted molar refractivity (Wildman–Crippen MR) is 122 cm³/mol. The number of pyridine rings is 2. The molecule has 0 aliphatic carbocycles. The molecule has 1 aromatic carbocycles. The topological polar surface area (TPSA) is 102 Å². The van der Waals surface area contributed by atoms with E-state index in [0.717, 1.165) is 18.4 Å². The quantitative estimate of drug-likeness (QED) is 0.440. The summed E-state index contributed by atoms with van der Waals surface area (Å²) in [6.45, 7) is 2.68. The van der Waals surface area contributed by atoms with E-state index in [1.165, 1.54) is 34.7 Å². The molecule has 4 heterocycles. The Bertz CT molecular complexity index is 1620. The number of carbonyl (C=O) groups is 1. The first kappa shape index (κ1) is 21.7. The van der Waals surface area contributed by atoms with Crippen molar-refractivity contribution in [2.45, 2.75) is 32.4 Å². The van der Waals surface area contributed by atoms with Gasteiger partial charge in [0.25, 0.3) is 11.5 Å². The number of ether oxygens (including phenoxy) is 1. The third-order valence-electron chi connectivity index (χ3n) is 5.95. The molecule has 1 fully saturated rings. The van der Waals surface area contributed by atoms with Gasteiger partial charge in [0.05, 0.1) is 29.2 Å². The fourth-order valence-electron chi connectivity index (χ4n) is 4.25. The molecule has 9 heteroatoms. The van der Waals surface area contributed by atoms with Gasteiger partial charge in [-0.05, 0) is 49.6 Å². The minimum absolute atomic E-state index is 0.0155. The van der Waals surface area contributed by atoms with Gasteiger partial charge in [-0.25, -0.2) is 9.37 Å². The van der Waals surface area contributed by atoms with Gasteiger partial charge in [0, 0.05) is 12.8 Å². The van der Waals surface area contributed by atoms with Crippen LogP contribution in [0.1, 0.15) is 34.3 Å².